The highest BCUT2D eigenvalue weighted by Crippen LogP contribution is 2.23. The number of halogens is 1. The van der Waals surface area contributed by atoms with Gasteiger partial charge in [-0.3, -0.25) is 4.79 Å². The molecular formula is C17H21FN6O. The Hall–Kier alpha value is -2.74. The lowest BCUT2D eigenvalue weighted by Crippen LogP contribution is -2.48. The lowest BCUT2D eigenvalue weighted by Gasteiger charge is -2.36. The standard InChI is InChI=1S/C17H21FN6O/c1-17(20)6-8-24(9-7-17)16-21-10-13(14(19)23-16)15(25)22-12-4-2-11(18)3-5-12/h2-5,10H,6-9,20H2,1H3,(H,22,25)(H2,19,21,23). The number of anilines is 3. The second-order valence-electron chi connectivity index (χ2n) is 6.57. The number of benzene rings is 1. The van der Waals surface area contributed by atoms with E-state index in [-0.39, 0.29) is 22.7 Å². The molecule has 25 heavy (non-hydrogen) atoms. The predicted octanol–water partition coefficient (Wildman–Crippen LogP) is 1.77. The normalized spacial score (nSPS) is 16.5. The maximum Gasteiger partial charge on any atom is 0.260 e. The smallest absolute Gasteiger partial charge is 0.260 e. The molecule has 0 saturated carbocycles. The van der Waals surface area contributed by atoms with Gasteiger partial charge >= 0.3 is 0 Å². The number of nitrogens with zero attached hydrogens (tertiary/aromatic N) is 3. The molecular weight excluding hydrogens is 323 g/mol. The molecule has 1 amide bonds. The van der Waals surface area contributed by atoms with Gasteiger partial charge in [-0.2, -0.15) is 4.98 Å². The number of amides is 1. The molecule has 1 aromatic heterocycles. The van der Waals surface area contributed by atoms with Crippen LogP contribution in [-0.2, 0) is 0 Å². The number of aromatic nitrogens is 2. The van der Waals surface area contributed by atoms with Crippen LogP contribution in [0.3, 0.4) is 0 Å². The molecule has 7 nitrogen and oxygen atoms in total. The van der Waals surface area contributed by atoms with Crippen molar-refractivity contribution in [2.45, 2.75) is 25.3 Å². The highest BCUT2D eigenvalue weighted by Gasteiger charge is 2.27. The second kappa shape index (κ2) is 6.64. The third-order valence-corrected chi connectivity index (χ3v) is 4.34. The van der Waals surface area contributed by atoms with Crippen molar-refractivity contribution >= 4 is 23.4 Å². The third-order valence-electron chi connectivity index (χ3n) is 4.34. The molecule has 0 unspecified atom stereocenters. The number of piperidine rings is 1. The number of hydrogen-bond acceptors (Lipinski definition) is 6. The Balaban J connectivity index is 1.71. The van der Waals surface area contributed by atoms with Gasteiger partial charge in [0.1, 0.15) is 17.2 Å². The minimum Gasteiger partial charge on any atom is -0.383 e. The van der Waals surface area contributed by atoms with Gasteiger partial charge in [-0.1, -0.05) is 0 Å². The minimum absolute atomic E-state index is 0.102. The van der Waals surface area contributed by atoms with E-state index in [1.54, 1.807) is 0 Å². The number of nitrogen functional groups attached to an aromatic ring is 1. The zero-order valence-electron chi connectivity index (χ0n) is 14.0. The fraction of sp³-hybridized carbons (Fsp3) is 0.353. The third kappa shape index (κ3) is 4.03. The molecule has 0 atom stereocenters. The summed E-state index contributed by atoms with van der Waals surface area (Å²) in [4.78, 5) is 22.8. The van der Waals surface area contributed by atoms with E-state index < -0.39 is 5.91 Å². The lowest BCUT2D eigenvalue weighted by molar-refractivity contribution is 0.102. The van der Waals surface area contributed by atoms with Crippen molar-refractivity contribution < 1.29 is 9.18 Å². The molecule has 1 saturated heterocycles. The van der Waals surface area contributed by atoms with Gasteiger partial charge in [0, 0.05) is 30.5 Å². The Morgan fingerprint density at radius 1 is 1.28 bits per heavy atom. The zero-order chi connectivity index (χ0) is 18.0. The highest BCUT2D eigenvalue weighted by atomic mass is 19.1. The largest absolute Gasteiger partial charge is 0.383 e. The van der Waals surface area contributed by atoms with E-state index in [4.69, 9.17) is 11.5 Å². The average Bonchev–Trinajstić information content (AvgIpc) is 2.56. The molecule has 132 valence electrons. The van der Waals surface area contributed by atoms with E-state index in [1.807, 2.05) is 11.8 Å². The van der Waals surface area contributed by atoms with Gasteiger partial charge in [0.2, 0.25) is 5.95 Å². The molecule has 5 N–H and O–H groups in total. The van der Waals surface area contributed by atoms with E-state index in [9.17, 15) is 9.18 Å². The van der Waals surface area contributed by atoms with Crippen molar-refractivity contribution in [3.8, 4) is 0 Å². The molecule has 1 aliphatic rings. The molecule has 1 aromatic carbocycles. The van der Waals surface area contributed by atoms with Crippen molar-refractivity contribution in [3.63, 3.8) is 0 Å². The van der Waals surface area contributed by atoms with Gasteiger partial charge in [0.15, 0.2) is 0 Å². The maximum absolute atomic E-state index is 12.9. The van der Waals surface area contributed by atoms with E-state index in [0.29, 0.717) is 11.6 Å². The molecule has 2 aromatic rings. The summed E-state index contributed by atoms with van der Waals surface area (Å²) in [7, 11) is 0. The first-order valence-corrected chi connectivity index (χ1v) is 8.07. The highest BCUT2D eigenvalue weighted by molar-refractivity contribution is 6.07. The molecule has 3 rings (SSSR count). The summed E-state index contributed by atoms with van der Waals surface area (Å²) in [6.07, 6.45) is 3.08. The SMILES string of the molecule is CC1(N)CCN(c2ncc(C(=O)Nc3ccc(F)cc3)c(N)n2)CC1. The zero-order valence-corrected chi connectivity index (χ0v) is 14.0. The van der Waals surface area contributed by atoms with E-state index in [2.05, 4.69) is 15.3 Å². The summed E-state index contributed by atoms with van der Waals surface area (Å²) in [5.74, 6) is -0.221. The van der Waals surface area contributed by atoms with Crippen LogP contribution < -0.4 is 21.7 Å². The molecule has 1 fully saturated rings. The molecule has 0 aliphatic carbocycles. The molecule has 1 aliphatic heterocycles. The van der Waals surface area contributed by atoms with Crippen LogP contribution in [0.1, 0.15) is 30.1 Å². The summed E-state index contributed by atoms with van der Waals surface area (Å²) in [5.41, 5.74) is 12.5. The molecule has 0 bridgehead atoms. The van der Waals surface area contributed by atoms with Gasteiger partial charge in [-0.25, -0.2) is 9.37 Å². The lowest BCUT2D eigenvalue weighted by atomic mass is 9.91. The Bertz CT molecular complexity index is 767. The first-order valence-electron chi connectivity index (χ1n) is 8.07. The minimum atomic E-state index is -0.441. The summed E-state index contributed by atoms with van der Waals surface area (Å²) in [6, 6.07) is 5.46. The number of hydrogen-bond donors (Lipinski definition) is 3. The van der Waals surface area contributed by atoms with Crippen LogP contribution in [0.5, 0.6) is 0 Å². The molecule has 0 spiro atoms. The van der Waals surface area contributed by atoms with Gasteiger partial charge in [0.25, 0.3) is 5.91 Å². The molecule has 8 heteroatoms. The van der Waals surface area contributed by atoms with Gasteiger partial charge in [-0.05, 0) is 44.0 Å². The van der Waals surface area contributed by atoms with E-state index in [0.717, 1.165) is 25.9 Å². The molecule has 2 heterocycles. The number of nitrogens with one attached hydrogen (secondary N) is 1. The average molecular weight is 344 g/mol. The van der Waals surface area contributed by atoms with Crippen LogP contribution >= 0.6 is 0 Å². The topological polar surface area (TPSA) is 110 Å². The first-order chi connectivity index (χ1) is 11.8. The van der Waals surface area contributed by atoms with Crippen molar-refractivity contribution in [2.24, 2.45) is 5.73 Å². The Morgan fingerprint density at radius 3 is 2.52 bits per heavy atom. The number of nitrogens with two attached hydrogens (primary N) is 2. The summed E-state index contributed by atoms with van der Waals surface area (Å²) in [5, 5.41) is 2.64. The summed E-state index contributed by atoms with van der Waals surface area (Å²) in [6.45, 7) is 3.52. The summed E-state index contributed by atoms with van der Waals surface area (Å²) < 4.78 is 12.9. The Morgan fingerprint density at radius 2 is 1.92 bits per heavy atom. The van der Waals surface area contributed by atoms with Crippen molar-refractivity contribution in [3.05, 3.63) is 41.8 Å². The Labute approximate surface area is 145 Å². The maximum atomic E-state index is 12.9. The van der Waals surface area contributed by atoms with Crippen LogP contribution in [0.25, 0.3) is 0 Å². The van der Waals surface area contributed by atoms with E-state index in [1.165, 1.54) is 30.5 Å². The predicted molar refractivity (Wildman–Crippen MR) is 94.8 cm³/mol. The van der Waals surface area contributed by atoms with Crippen molar-refractivity contribution in [1.29, 1.82) is 0 Å². The summed E-state index contributed by atoms with van der Waals surface area (Å²) >= 11 is 0. The van der Waals surface area contributed by atoms with Crippen LogP contribution in [0.2, 0.25) is 0 Å². The van der Waals surface area contributed by atoms with Crippen LogP contribution in [0.4, 0.5) is 21.8 Å². The van der Waals surface area contributed by atoms with Crippen molar-refractivity contribution in [1.82, 2.24) is 9.97 Å². The number of carbonyl (C=O) groups is 1. The van der Waals surface area contributed by atoms with Gasteiger partial charge in [0.05, 0.1) is 0 Å². The van der Waals surface area contributed by atoms with Crippen LogP contribution in [0, 0.1) is 5.82 Å². The first kappa shape index (κ1) is 17.1. The second-order valence-corrected chi connectivity index (χ2v) is 6.57. The van der Waals surface area contributed by atoms with Crippen molar-refractivity contribution in [2.75, 3.05) is 29.0 Å². The number of carbonyl (C=O) groups excluding carboxylic acids is 1. The number of rotatable bonds is 3. The Kier molecular flexibility index (Phi) is 4.54. The fourth-order valence-electron chi connectivity index (χ4n) is 2.66. The van der Waals surface area contributed by atoms with Crippen LogP contribution in [-0.4, -0.2) is 34.5 Å². The fourth-order valence-corrected chi connectivity index (χ4v) is 2.66. The monoisotopic (exact) mass is 344 g/mol. The van der Waals surface area contributed by atoms with Gasteiger partial charge in [-0.15, -0.1) is 0 Å². The van der Waals surface area contributed by atoms with Gasteiger partial charge < -0.3 is 21.7 Å². The van der Waals surface area contributed by atoms with E-state index >= 15 is 0 Å². The quantitative estimate of drug-likeness (QED) is 0.783. The molecule has 0 radical (unpaired) electrons. The van der Waals surface area contributed by atoms with Crippen LogP contribution in [0.15, 0.2) is 30.5 Å².